The van der Waals surface area contributed by atoms with Gasteiger partial charge in [0.25, 0.3) is 0 Å². The van der Waals surface area contributed by atoms with Crippen molar-refractivity contribution in [1.82, 2.24) is 15.3 Å². The lowest BCUT2D eigenvalue weighted by molar-refractivity contribution is -0.121. The van der Waals surface area contributed by atoms with Crippen LogP contribution < -0.4 is 5.32 Å². The zero-order valence-corrected chi connectivity index (χ0v) is 14.0. The molecule has 0 radical (unpaired) electrons. The molecule has 114 valence electrons. The van der Waals surface area contributed by atoms with Crippen LogP contribution in [-0.2, 0) is 17.6 Å². The molecule has 22 heavy (non-hydrogen) atoms. The van der Waals surface area contributed by atoms with Crippen LogP contribution >= 0.6 is 22.7 Å². The molecule has 6 heteroatoms. The topological polar surface area (TPSA) is 54.9 Å². The van der Waals surface area contributed by atoms with Gasteiger partial charge >= 0.3 is 0 Å². The summed E-state index contributed by atoms with van der Waals surface area (Å²) >= 11 is 3.31. The summed E-state index contributed by atoms with van der Waals surface area (Å²) in [7, 11) is 0. The van der Waals surface area contributed by atoms with E-state index >= 15 is 0 Å². The Hall–Kier alpha value is -1.79. The fraction of sp³-hybridized carbons (Fsp3) is 0.312. The highest BCUT2D eigenvalue weighted by atomic mass is 32.1. The quantitative estimate of drug-likeness (QED) is 0.753. The van der Waals surface area contributed by atoms with Crippen molar-refractivity contribution in [3.05, 3.63) is 45.4 Å². The van der Waals surface area contributed by atoms with Crippen LogP contribution in [0.4, 0.5) is 0 Å². The predicted octanol–water partition coefficient (Wildman–Crippen LogP) is 3.35. The highest BCUT2D eigenvalue weighted by molar-refractivity contribution is 7.18. The lowest BCUT2D eigenvalue weighted by atomic mass is 10.2. The number of aromatic nitrogens is 2. The smallest absolute Gasteiger partial charge is 0.220 e. The molecule has 4 nitrogen and oxygen atoms in total. The van der Waals surface area contributed by atoms with Crippen LogP contribution in [0.15, 0.2) is 29.8 Å². The van der Waals surface area contributed by atoms with Gasteiger partial charge in [0.1, 0.15) is 0 Å². The number of para-hydroxylation sites is 1. The number of nitrogens with one attached hydrogen (secondary N) is 1. The molecule has 0 aliphatic heterocycles. The Morgan fingerprint density at radius 2 is 2.14 bits per heavy atom. The van der Waals surface area contributed by atoms with Crippen molar-refractivity contribution in [1.29, 1.82) is 0 Å². The van der Waals surface area contributed by atoms with Crippen molar-refractivity contribution < 1.29 is 4.79 Å². The molecule has 1 N–H and O–H groups in total. The first-order valence-electron chi connectivity index (χ1n) is 7.22. The first kappa shape index (κ1) is 15.1. The summed E-state index contributed by atoms with van der Waals surface area (Å²) in [5.41, 5.74) is 3.90. The number of nitrogens with zero attached hydrogens (tertiary/aromatic N) is 2. The van der Waals surface area contributed by atoms with Crippen LogP contribution in [0.1, 0.15) is 22.0 Å². The number of rotatable bonds is 6. The molecule has 3 aromatic rings. The highest BCUT2D eigenvalue weighted by Crippen LogP contribution is 2.21. The lowest BCUT2D eigenvalue weighted by Gasteiger charge is -2.03. The summed E-state index contributed by atoms with van der Waals surface area (Å²) in [5.74, 6) is 0.0916. The van der Waals surface area contributed by atoms with E-state index in [1.54, 1.807) is 22.7 Å². The Bertz CT molecular complexity index is 745. The molecule has 2 aromatic heterocycles. The van der Waals surface area contributed by atoms with Crippen molar-refractivity contribution in [2.45, 2.75) is 26.2 Å². The average molecular weight is 331 g/mol. The van der Waals surface area contributed by atoms with Gasteiger partial charge in [0.15, 0.2) is 0 Å². The van der Waals surface area contributed by atoms with Gasteiger partial charge < -0.3 is 5.32 Å². The summed E-state index contributed by atoms with van der Waals surface area (Å²) in [6.45, 7) is 2.62. The van der Waals surface area contributed by atoms with Crippen LogP contribution in [0.5, 0.6) is 0 Å². The summed E-state index contributed by atoms with van der Waals surface area (Å²) in [5, 5.41) is 4.04. The summed E-state index contributed by atoms with van der Waals surface area (Å²) in [4.78, 5) is 21.8. The normalized spacial score (nSPS) is 11.0. The standard InChI is InChI=1S/C16H17N3OS2/c1-11-13(21-10-18-11)6-7-15(20)17-9-8-16-19-12-4-2-3-5-14(12)22-16/h2-5,10H,6-9H2,1H3,(H,17,20). The van der Waals surface area contributed by atoms with Gasteiger partial charge in [-0.15, -0.1) is 22.7 Å². The Kier molecular flexibility index (Phi) is 4.80. The Morgan fingerprint density at radius 1 is 1.27 bits per heavy atom. The molecule has 0 unspecified atom stereocenters. The SMILES string of the molecule is Cc1ncsc1CCC(=O)NCCc1nc2ccccc2s1. The highest BCUT2D eigenvalue weighted by Gasteiger charge is 2.07. The Labute approximate surface area is 137 Å². The molecular weight excluding hydrogens is 314 g/mol. The third kappa shape index (κ3) is 3.69. The maximum Gasteiger partial charge on any atom is 0.220 e. The van der Waals surface area contributed by atoms with Crippen LogP contribution in [0, 0.1) is 6.92 Å². The summed E-state index contributed by atoms with van der Waals surface area (Å²) in [6.07, 6.45) is 2.07. The maximum atomic E-state index is 11.9. The largest absolute Gasteiger partial charge is 0.356 e. The van der Waals surface area contributed by atoms with E-state index < -0.39 is 0 Å². The fourth-order valence-corrected chi connectivity index (χ4v) is 3.97. The number of fused-ring (bicyclic) bond motifs is 1. The second kappa shape index (κ2) is 6.98. The van der Waals surface area contributed by atoms with E-state index in [1.165, 1.54) is 9.58 Å². The first-order chi connectivity index (χ1) is 10.7. The summed E-state index contributed by atoms with van der Waals surface area (Å²) < 4.78 is 1.20. The second-order valence-corrected chi connectivity index (χ2v) is 7.09. The number of aryl methyl sites for hydroxylation is 2. The zero-order valence-electron chi connectivity index (χ0n) is 12.3. The van der Waals surface area contributed by atoms with Crippen LogP contribution in [0.3, 0.4) is 0 Å². The van der Waals surface area contributed by atoms with Gasteiger partial charge in [-0.3, -0.25) is 4.79 Å². The lowest BCUT2D eigenvalue weighted by Crippen LogP contribution is -2.25. The summed E-state index contributed by atoms with van der Waals surface area (Å²) in [6, 6.07) is 8.11. The molecule has 2 heterocycles. The van der Waals surface area contributed by atoms with Gasteiger partial charge in [0.2, 0.25) is 5.91 Å². The minimum absolute atomic E-state index is 0.0916. The molecule has 0 spiro atoms. The van der Waals surface area contributed by atoms with Gasteiger partial charge in [-0.25, -0.2) is 9.97 Å². The molecule has 0 saturated carbocycles. The number of benzene rings is 1. The van der Waals surface area contributed by atoms with Crippen LogP contribution in [-0.4, -0.2) is 22.4 Å². The van der Waals surface area contributed by atoms with E-state index in [2.05, 4.69) is 21.4 Å². The average Bonchev–Trinajstić information content (AvgIpc) is 3.10. The molecule has 0 saturated heterocycles. The van der Waals surface area contributed by atoms with E-state index in [0.29, 0.717) is 13.0 Å². The minimum atomic E-state index is 0.0916. The second-order valence-electron chi connectivity index (χ2n) is 5.04. The van der Waals surface area contributed by atoms with Crippen molar-refractivity contribution in [3.8, 4) is 0 Å². The fourth-order valence-electron chi connectivity index (χ4n) is 2.22. The number of carbonyl (C=O) groups is 1. The van der Waals surface area contributed by atoms with Gasteiger partial charge in [0.05, 0.1) is 26.4 Å². The number of amides is 1. The first-order valence-corrected chi connectivity index (χ1v) is 8.92. The molecule has 0 fully saturated rings. The van der Waals surface area contributed by atoms with Crippen molar-refractivity contribution >= 4 is 38.8 Å². The molecule has 0 atom stereocenters. The Balaban J connectivity index is 1.44. The maximum absolute atomic E-state index is 11.9. The van der Waals surface area contributed by atoms with Crippen molar-refractivity contribution in [2.24, 2.45) is 0 Å². The third-order valence-electron chi connectivity index (χ3n) is 3.42. The molecule has 0 bridgehead atoms. The monoisotopic (exact) mass is 331 g/mol. The van der Waals surface area contributed by atoms with Crippen molar-refractivity contribution in [3.63, 3.8) is 0 Å². The van der Waals surface area contributed by atoms with Gasteiger partial charge in [-0.2, -0.15) is 0 Å². The molecule has 3 rings (SSSR count). The van der Waals surface area contributed by atoms with E-state index in [0.717, 1.165) is 29.1 Å². The third-order valence-corrected chi connectivity index (χ3v) is 5.51. The number of thiazole rings is 2. The molecule has 1 amide bonds. The van der Waals surface area contributed by atoms with E-state index in [4.69, 9.17) is 0 Å². The van der Waals surface area contributed by atoms with E-state index in [1.807, 2.05) is 30.6 Å². The van der Waals surface area contributed by atoms with Crippen LogP contribution in [0.2, 0.25) is 0 Å². The van der Waals surface area contributed by atoms with E-state index in [-0.39, 0.29) is 5.91 Å². The predicted molar refractivity (Wildman–Crippen MR) is 91.5 cm³/mol. The Morgan fingerprint density at radius 3 is 2.91 bits per heavy atom. The number of hydrogen-bond donors (Lipinski definition) is 1. The molecule has 0 aliphatic carbocycles. The molecule has 0 aliphatic rings. The molecule has 1 aromatic carbocycles. The van der Waals surface area contributed by atoms with Crippen molar-refractivity contribution in [2.75, 3.05) is 6.54 Å². The van der Waals surface area contributed by atoms with Gasteiger partial charge in [-0.05, 0) is 25.5 Å². The minimum Gasteiger partial charge on any atom is -0.356 e. The van der Waals surface area contributed by atoms with Crippen LogP contribution in [0.25, 0.3) is 10.2 Å². The number of carbonyl (C=O) groups excluding carboxylic acids is 1. The van der Waals surface area contributed by atoms with Gasteiger partial charge in [-0.1, -0.05) is 12.1 Å². The zero-order chi connectivity index (χ0) is 15.4. The number of hydrogen-bond acceptors (Lipinski definition) is 5. The van der Waals surface area contributed by atoms with E-state index in [9.17, 15) is 4.79 Å². The van der Waals surface area contributed by atoms with Gasteiger partial charge in [0, 0.05) is 24.3 Å². The molecular formula is C16H17N3OS2.